The van der Waals surface area contributed by atoms with Crippen LogP contribution in [0.1, 0.15) is 83.1 Å². The van der Waals surface area contributed by atoms with Crippen molar-refractivity contribution in [3.05, 3.63) is 24.4 Å². The number of nitrogens with zero attached hydrogens (tertiary/aromatic N) is 1. The van der Waals surface area contributed by atoms with E-state index in [0.29, 0.717) is 20.6 Å². The minimum Gasteiger partial charge on any atom is -0.256 e. The molecule has 0 fully saturated rings. The van der Waals surface area contributed by atoms with Crippen LogP contribution in [0.3, 0.4) is 0 Å². The van der Waals surface area contributed by atoms with Crippen LogP contribution in [0.25, 0.3) is 0 Å². The predicted molar refractivity (Wildman–Crippen MR) is 124 cm³/mol. The Morgan fingerprint density at radius 2 is 0.960 bits per heavy atom. The maximum atomic E-state index is 4.94. The highest BCUT2D eigenvalue weighted by molar-refractivity contribution is 8.64. The Hall–Kier alpha value is 0.440. The lowest BCUT2D eigenvalue weighted by atomic mass is 10.2. The van der Waals surface area contributed by atoms with Crippen molar-refractivity contribution in [1.82, 2.24) is 4.98 Å². The Balaban J connectivity index is 3.75. The molecule has 0 saturated heterocycles. The Kier molecular flexibility index (Phi) is 7.34. The Morgan fingerprint density at radius 3 is 1.20 bits per heavy atom. The van der Waals surface area contributed by atoms with Gasteiger partial charge in [0, 0.05) is 6.20 Å². The smallest absolute Gasteiger partial charge is 0.0718 e. The van der Waals surface area contributed by atoms with Crippen LogP contribution in [0.4, 0.5) is 0 Å². The van der Waals surface area contributed by atoms with Gasteiger partial charge in [-0.2, -0.15) is 0 Å². The lowest BCUT2D eigenvalue weighted by molar-refractivity contribution is 0.716. The third-order valence-corrected chi connectivity index (χ3v) is 24.2. The van der Waals surface area contributed by atoms with Gasteiger partial charge in [-0.15, -0.1) is 0 Å². The molecule has 0 amide bonds. The first-order chi connectivity index (χ1) is 11.0. The van der Waals surface area contributed by atoms with Crippen LogP contribution in [-0.4, -0.2) is 25.6 Å². The number of hydrogen-bond acceptors (Lipinski definition) is 1. The molecule has 1 nitrogen and oxygen atoms in total. The summed E-state index contributed by atoms with van der Waals surface area (Å²) >= 11 is 0. The summed E-state index contributed by atoms with van der Waals surface area (Å²) < 4.78 is 0. The van der Waals surface area contributed by atoms with Gasteiger partial charge in [0.2, 0.25) is 0 Å². The monoisotopic (exact) mass is 399 g/mol. The highest BCUT2D eigenvalue weighted by atomic mass is 32.5. The average molecular weight is 399 g/mol. The van der Waals surface area contributed by atoms with Crippen LogP contribution in [0.2, 0.25) is 0 Å². The number of aromatic nitrogens is 1. The fourth-order valence-corrected chi connectivity index (χ4v) is 31.8. The SMILES string of the molecule is CC(C)(C)P(P(c1ccccn1)P(C(C)(C)C)C(C)(C)C)C(C)(C)C. The van der Waals surface area contributed by atoms with E-state index < -0.39 is 0 Å². The van der Waals surface area contributed by atoms with E-state index in [9.17, 15) is 0 Å². The second-order valence-corrected chi connectivity index (χ2v) is 24.2. The molecule has 1 aromatic heterocycles. The largest absolute Gasteiger partial charge is 0.256 e. The molecule has 0 aromatic carbocycles. The van der Waals surface area contributed by atoms with Gasteiger partial charge in [-0.3, -0.25) is 4.98 Å². The van der Waals surface area contributed by atoms with Gasteiger partial charge in [0.25, 0.3) is 0 Å². The van der Waals surface area contributed by atoms with Gasteiger partial charge in [0.1, 0.15) is 0 Å². The van der Waals surface area contributed by atoms with Gasteiger partial charge in [-0.05, 0) is 40.1 Å². The fraction of sp³-hybridized carbons (Fsp3) is 0.762. The van der Waals surface area contributed by atoms with Gasteiger partial charge in [-0.1, -0.05) is 104 Å². The summed E-state index contributed by atoms with van der Waals surface area (Å²) in [6, 6.07) is 6.56. The zero-order chi connectivity index (χ0) is 19.8. The highest BCUT2D eigenvalue weighted by Gasteiger charge is 2.50. The van der Waals surface area contributed by atoms with Crippen LogP contribution in [0.5, 0.6) is 0 Å². The number of pyridine rings is 1. The molecule has 25 heavy (non-hydrogen) atoms. The molecule has 0 bridgehead atoms. The maximum absolute atomic E-state index is 4.94. The molecular formula is C21H40NP3. The van der Waals surface area contributed by atoms with Crippen molar-refractivity contribution in [3.8, 4) is 0 Å². The molecule has 0 spiro atoms. The molecule has 0 unspecified atom stereocenters. The molecule has 0 saturated carbocycles. The summed E-state index contributed by atoms with van der Waals surface area (Å²) in [6.07, 6.45) is 2.00. The van der Waals surface area contributed by atoms with Crippen LogP contribution in [0.15, 0.2) is 24.4 Å². The Labute approximate surface area is 161 Å². The molecule has 144 valence electrons. The topological polar surface area (TPSA) is 12.9 Å². The summed E-state index contributed by atoms with van der Waals surface area (Å²) in [5.41, 5.74) is 1.38. The van der Waals surface area contributed by atoms with Crippen LogP contribution in [-0.2, 0) is 0 Å². The molecule has 4 heteroatoms. The lowest BCUT2D eigenvalue weighted by Crippen LogP contribution is -2.31. The summed E-state index contributed by atoms with van der Waals surface area (Å²) in [5, 5.41) is 1.25. The van der Waals surface area contributed by atoms with Crippen molar-refractivity contribution in [3.63, 3.8) is 0 Å². The van der Waals surface area contributed by atoms with E-state index in [1.807, 2.05) is 6.20 Å². The quantitative estimate of drug-likeness (QED) is 0.467. The molecule has 0 aliphatic rings. The van der Waals surface area contributed by atoms with E-state index in [4.69, 9.17) is 4.98 Å². The van der Waals surface area contributed by atoms with Gasteiger partial charge in [0.05, 0.1) is 5.44 Å². The molecular weight excluding hydrogens is 359 g/mol. The summed E-state index contributed by atoms with van der Waals surface area (Å²) in [5.74, 6) is 0. The van der Waals surface area contributed by atoms with Crippen molar-refractivity contribution in [2.45, 2.75) is 104 Å². The molecule has 0 N–H and O–H groups in total. The first-order valence-corrected chi connectivity index (χ1v) is 14.7. The standard InChI is InChI=1S/C21H40NP3/c1-18(2,3)24(19(4,5)6)23(17-15-13-14-16-22-17)25(20(7,8)9)21(10,11)12/h13-16H,1-12H3. The van der Waals surface area contributed by atoms with E-state index in [1.165, 1.54) is 5.44 Å². The van der Waals surface area contributed by atoms with Crippen molar-refractivity contribution in [1.29, 1.82) is 0 Å². The first-order valence-electron chi connectivity index (χ1n) is 9.29. The molecule has 1 heterocycles. The number of hydrogen-bond donors (Lipinski definition) is 0. The molecule has 0 atom stereocenters. The van der Waals surface area contributed by atoms with E-state index >= 15 is 0 Å². The number of rotatable bonds is 3. The minimum absolute atomic E-state index is 0.219. The van der Waals surface area contributed by atoms with Gasteiger partial charge in [-0.25, -0.2) is 0 Å². The van der Waals surface area contributed by atoms with E-state index in [1.54, 1.807) is 0 Å². The third kappa shape index (κ3) is 6.23. The average Bonchev–Trinajstić information content (AvgIpc) is 2.32. The van der Waals surface area contributed by atoms with Crippen molar-refractivity contribution >= 4 is 28.0 Å². The molecule has 1 rings (SSSR count). The van der Waals surface area contributed by atoms with Crippen molar-refractivity contribution in [2.75, 3.05) is 0 Å². The van der Waals surface area contributed by atoms with Crippen LogP contribution < -0.4 is 5.44 Å². The van der Waals surface area contributed by atoms with Gasteiger partial charge < -0.3 is 0 Å². The summed E-state index contributed by atoms with van der Waals surface area (Å²) in [6.45, 7) is 29.5. The molecule has 0 radical (unpaired) electrons. The van der Waals surface area contributed by atoms with Gasteiger partial charge in [0.15, 0.2) is 0 Å². The normalized spacial score (nSPS) is 14.7. The Morgan fingerprint density at radius 1 is 0.600 bits per heavy atom. The summed E-state index contributed by atoms with van der Waals surface area (Å²) in [7, 11) is -0.755. The minimum atomic E-state index is -0.316. The molecule has 1 aromatic rings. The lowest BCUT2D eigenvalue weighted by Gasteiger charge is -2.54. The molecule has 0 aliphatic carbocycles. The van der Waals surface area contributed by atoms with Crippen LogP contribution >= 0.6 is 22.5 Å². The maximum Gasteiger partial charge on any atom is 0.0718 e. The van der Waals surface area contributed by atoms with E-state index in [-0.39, 0.29) is 22.5 Å². The zero-order valence-corrected chi connectivity index (χ0v) is 21.3. The predicted octanol–water partition coefficient (Wildman–Crippen LogP) is 8.18. The van der Waals surface area contributed by atoms with Crippen LogP contribution in [0, 0.1) is 0 Å². The van der Waals surface area contributed by atoms with E-state index in [0.717, 1.165) is 0 Å². The fourth-order valence-electron chi connectivity index (χ4n) is 3.92. The van der Waals surface area contributed by atoms with E-state index in [2.05, 4.69) is 101 Å². The first kappa shape index (κ1) is 23.5. The third-order valence-electron chi connectivity index (χ3n) is 3.77. The summed E-state index contributed by atoms with van der Waals surface area (Å²) in [4.78, 5) is 4.94. The Bertz CT molecular complexity index is 482. The zero-order valence-electron chi connectivity index (χ0n) is 18.6. The van der Waals surface area contributed by atoms with Crippen molar-refractivity contribution in [2.24, 2.45) is 0 Å². The molecule has 0 aliphatic heterocycles. The second-order valence-electron chi connectivity index (χ2n) is 10.8. The van der Waals surface area contributed by atoms with Gasteiger partial charge >= 0.3 is 0 Å². The second kappa shape index (κ2) is 7.82. The highest BCUT2D eigenvalue weighted by Crippen LogP contribution is 2.96. The van der Waals surface area contributed by atoms with Crippen molar-refractivity contribution < 1.29 is 0 Å².